The molecule has 0 saturated carbocycles. The summed E-state index contributed by atoms with van der Waals surface area (Å²) >= 11 is 0. The second-order valence-electron chi connectivity index (χ2n) is 5.03. The zero-order chi connectivity index (χ0) is 13.7. The molecule has 3 N–H and O–H groups in total. The molecule has 0 amide bonds. The predicted molar refractivity (Wildman–Crippen MR) is 75.1 cm³/mol. The van der Waals surface area contributed by atoms with Crippen LogP contribution in [0.3, 0.4) is 0 Å². The van der Waals surface area contributed by atoms with Gasteiger partial charge < -0.3 is 15.5 Å². The lowest BCUT2D eigenvalue weighted by Gasteiger charge is -2.16. The highest BCUT2D eigenvalue weighted by molar-refractivity contribution is 5.44. The summed E-state index contributed by atoms with van der Waals surface area (Å²) < 4.78 is 0. The average Bonchev–Trinajstić information content (AvgIpc) is 2.35. The Kier molecular flexibility index (Phi) is 5.79. The number of aliphatic hydroxyl groups excluding tert-OH is 2. The molecule has 0 aliphatic rings. The van der Waals surface area contributed by atoms with Gasteiger partial charge in [-0.2, -0.15) is 0 Å². The Bertz CT molecular complexity index is 376. The molecule has 0 fully saturated rings. The van der Waals surface area contributed by atoms with E-state index in [-0.39, 0.29) is 6.61 Å². The van der Waals surface area contributed by atoms with Crippen LogP contribution in [-0.4, -0.2) is 36.0 Å². The molecule has 102 valence electrons. The van der Waals surface area contributed by atoms with E-state index in [1.165, 1.54) is 27.8 Å². The lowest BCUT2D eigenvalue weighted by molar-refractivity contribution is 0.0947. The van der Waals surface area contributed by atoms with Gasteiger partial charge in [-0.3, -0.25) is 0 Å². The second-order valence-corrected chi connectivity index (χ2v) is 5.03. The molecule has 0 aromatic heterocycles. The van der Waals surface area contributed by atoms with Crippen LogP contribution in [0, 0.1) is 27.7 Å². The average molecular weight is 251 g/mol. The fraction of sp³-hybridized carbons (Fsp3) is 0.600. The van der Waals surface area contributed by atoms with Gasteiger partial charge in [0.15, 0.2) is 0 Å². The van der Waals surface area contributed by atoms with Gasteiger partial charge in [-0.15, -0.1) is 0 Å². The maximum absolute atomic E-state index is 9.24. The fourth-order valence-electron chi connectivity index (χ4n) is 2.22. The van der Waals surface area contributed by atoms with Crippen molar-refractivity contribution in [3.05, 3.63) is 33.9 Å². The standard InChI is InChI=1S/C15H25NO2/c1-10-7-11(2)13(4)15(12(10)3)5-6-16-8-14(18)9-17/h7,14,16-18H,5-6,8-9H2,1-4H3. The van der Waals surface area contributed by atoms with Crippen molar-refractivity contribution in [1.29, 1.82) is 0 Å². The van der Waals surface area contributed by atoms with E-state index in [4.69, 9.17) is 5.11 Å². The van der Waals surface area contributed by atoms with Gasteiger partial charge in [0.05, 0.1) is 12.7 Å². The zero-order valence-corrected chi connectivity index (χ0v) is 11.9. The number of benzene rings is 1. The van der Waals surface area contributed by atoms with Crippen molar-refractivity contribution >= 4 is 0 Å². The van der Waals surface area contributed by atoms with Crippen LogP contribution < -0.4 is 5.32 Å². The van der Waals surface area contributed by atoms with Crippen LogP contribution >= 0.6 is 0 Å². The molecule has 0 radical (unpaired) electrons. The summed E-state index contributed by atoms with van der Waals surface area (Å²) in [4.78, 5) is 0. The molecule has 1 rings (SSSR count). The summed E-state index contributed by atoms with van der Waals surface area (Å²) in [7, 11) is 0. The topological polar surface area (TPSA) is 52.5 Å². The fourth-order valence-corrected chi connectivity index (χ4v) is 2.22. The number of aliphatic hydroxyl groups is 2. The predicted octanol–water partition coefficient (Wildman–Crippen LogP) is 1.41. The Morgan fingerprint density at radius 3 is 2.17 bits per heavy atom. The summed E-state index contributed by atoms with van der Waals surface area (Å²) in [5, 5.41) is 21.1. The normalized spacial score (nSPS) is 12.8. The molecule has 0 bridgehead atoms. The molecule has 0 heterocycles. The number of hydrogen-bond donors (Lipinski definition) is 3. The highest BCUT2D eigenvalue weighted by atomic mass is 16.3. The highest BCUT2D eigenvalue weighted by Gasteiger charge is 2.08. The van der Waals surface area contributed by atoms with Crippen LogP contribution in [0.25, 0.3) is 0 Å². The summed E-state index contributed by atoms with van der Waals surface area (Å²) in [5.74, 6) is 0. The van der Waals surface area contributed by atoms with Gasteiger partial charge in [-0.25, -0.2) is 0 Å². The van der Waals surface area contributed by atoms with E-state index in [9.17, 15) is 5.11 Å². The van der Waals surface area contributed by atoms with E-state index in [2.05, 4.69) is 39.1 Å². The van der Waals surface area contributed by atoms with Crippen molar-refractivity contribution in [2.45, 2.75) is 40.2 Å². The minimum absolute atomic E-state index is 0.186. The number of hydrogen-bond acceptors (Lipinski definition) is 3. The van der Waals surface area contributed by atoms with E-state index in [1.54, 1.807) is 0 Å². The molecule has 3 heteroatoms. The highest BCUT2D eigenvalue weighted by Crippen LogP contribution is 2.21. The lowest BCUT2D eigenvalue weighted by Crippen LogP contribution is -2.30. The third-order valence-electron chi connectivity index (χ3n) is 3.66. The van der Waals surface area contributed by atoms with Crippen molar-refractivity contribution in [1.82, 2.24) is 5.32 Å². The van der Waals surface area contributed by atoms with Crippen LogP contribution in [0.4, 0.5) is 0 Å². The van der Waals surface area contributed by atoms with Crippen molar-refractivity contribution in [2.24, 2.45) is 0 Å². The Morgan fingerprint density at radius 1 is 1.11 bits per heavy atom. The van der Waals surface area contributed by atoms with Crippen molar-refractivity contribution in [3.63, 3.8) is 0 Å². The Morgan fingerprint density at radius 2 is 1.67 bits per heavy atom. The van der Waals surface area contributed by atoms with E-state index in [0.717, 1.165) is 13.0 Å². The van der Waals surface area contributed by atoms with Gasteiger partial charge in [-0.1, -0.05) is 6.07 Å². The first-order valence-electron chi connectivity index (χ1n) is 6.53. The molecule has 1 unspecified atom stereocenters. The lowest BCUT2D eigenvalue weighted by atomic mass is 9.92. The minimum atomic E-state index is -0.661. The molecule has 18 heavy (non-hydrogen) atoms. The number of rotatable bonds is 6. The first-order valence-corrected chi connectivity index (χ1v) is 6.53. The second kappa shape index (κ2) is 6.88. The Labute approximate surface area is 110 Å². The van der Waals surface area contributed by atoms with Crippen molar-refractivity contribution in [2.75, 3.05) is 19.7 Å². The van der Waals surface area contributed by atoms with Gasteiger partial charge in [0.2, 0.25) is 0 Å². The van der Waals surface area contributed by atoms with Gasteiger partial charge >= 0.3 is 0 Å². The van der Waals surface area contributed by atoms with Crippen LogP contribution in [0.15, 0.2) is 6.07 Å². The summed E-state index contributed by atoms with van der Waals surface area (Å²) in [6, 6.07) is 2.23. The van der Waals surface area contributed by atoms with E-state index in [1.807, 2.05) is 0 Å². The molecule has 3 nitrogen and oxygen atoms in total. The SMILES string of the molecule is Cc1cc(C)c(C)c(CCNCC(O)CO)c1C. The quantitative estimate of drug-likeness (QED) is 0.670. The third-order valence-corrected chi connectivity index (χ3v) is 3.66. The summed E-state index contributed by atoms with van der Waals surface area (Å²) in [6.07, 6.45) is 0.296. The van der Waals surface area contributed by atoms with Gasteiger partial charge in [0.1, 0.15) is 0 Å². The van der Waals surface area contributed by atoms with Gasteiger partial charge in [-0.05, 0) is 68.5 Å². The molecule has 0 aliphatic heterocycles. The van der Waals surface area contributed by atoms with Crippen LogP contribution in [-0.2, 0) is 6.42 Å². The number of nitrogens with one attached hydrogen (secondary N) is 1. The van der Waals surface area contributed by atoms with E-state index >= 15 is 0 Å². The molecule has 0 spiro atoms. The maximum atomic E-state index is 9.24. The minimum Gasteiger partial charge on any atom is -0.394 e. The van der Waals surface area contributed by atoms with Gasteiger partial charge in [0, 0.05) is 6.54 Å². The van der Waals surface area contributed by atoms with Gasteiger partial charge in [0.25, 0.3) is 0 Å². The number of aryl methyl sites for hydroxylation is 2. The summed E-state index contributed by atoms with van der Waals surface area (Å²) in [5.41, 5.74) is 6.80. The summed E-state index contributed by atoms with van der Waals surface area (Å²) in [6.45, 7) is 9.71. The molecule has 1 atom stereocenters. The zero-order valence-electron chi connectivity index (χ0n) is 11.9. The molecule has 0 aliphatic carbocycles. The molecule has 1 aromatic carbocycles. The van der Waals surface area contributed by atoms with Crippen LogP contribution in [0.2, 0.25) is 0 Å². The van der Waals surface area contributed by atoms with Crippen LogP contribution in [0.5, 0.6) is 0 Å². The molecule has 1 aromatic rings. The molecular weight excluding hydrogens is 226 g/mol. The van der Waals surface area contributed by atoms with Crippen molar-refractivity contribution in [3.8, 4) is 0 Å². The first-order chi connectivity index (χ1) is 8.47. The largest absolute Gasteiger partial charge is 0.394 e. The first kappa shape index (κ1) is 15.2. The third kappa shape index (κ3) is 3.80. The Hall–Kier alpha value is -0.900. The Balaban J connectivity index is 2.62. The molecular formula is C15H25NO2. The van der Waals surface area contributed by atoms with Crippen LogP contribution in [0.1, 0.15) is 27.8 Å². The smallest absolute Gasteiger partial charge is 0.0894 e. The maximum Gasteiger partial charge on any atom is 0.0894 e. The van der Waals surface area contributed by atoms with E-state index < -0.39 is 6.10 Å². The van der Waals surface area contributed by atoms with E-state index in [0.29, 0.717) is 6.54 Å². The van der Waals surface area contributed by atoms with Crippen molar-refractivity contribution < 1.29 is 10.2 Å². The molecule has 0 saturated heterocycles. The monoisotopic (exact) mass is 251 g/mol.